The highest BCUT2D eigenvalue weighted by Gasteiger charge is 2.12. The minimum Gasteiger partial charge on any atom is -0.0828 e. The lowest BCUT2D eigenvalue weighted by molar-refractivity contribution is 1.46. The van der Waals surface area contributed by atoms with Gasteiger partial charge in [-0.15, -0.1) is 0 Å². The molecule has 0 aliphatic carbocycles. The van der Waals surface area contributed by atoms with Gasteiger partial charge in [-0.25, -0.2) is 0 Å². The minimum atomic E-state index is 0.331. The SMILES string of the molecule is CC[Si]c1cc(Cl)c(Cl)c(Cl)c1Cl. The maximum Gasteiger partial charge on any atom is 0.0827 e. The second-order valence-corrected chi connectivity index (χ2v) is 5.52. The van der Waals surface area contributed by atoms with Crippen LogP contribution < -0.4 is 5.19 Å². The molecule has 0 spiro atoms. The lowest BCUT2D eigenvalue weighted by atomic mass is 10.3. The van der Waals surface area contributed by atoms with Gasteiger partial charge in [-0.3, -0.25) is 0 Å². The van der Waals surface area contributed by atoms with E-state index in [2.05, 4.69) is 6.92 Å². The molecule has 0 aliphatic rings. The Kier molecular flexibility index (Phi) is 4.40. The van der Waals surface area contributed by atoms with Crippen LogP contribution in [0.25, 0.3) is 0 Å². The van der Waals surface area contributed by atoms with Gasteiger partial charge in [0.25, 0.3) is 0 Å². The van der Waals surface area contributed by atoms with Gasteiger partial charge in [0.15, 0.2) is 0 Å². The summed E-state index contributed by atoms with van der Waals surface area (Å²) < 4.78 is 0. The van der Waals surface area contributed by atoms with Crippen LogP contribution in [0.5, 0.6) is 0 Å². The highest BCUT2D eigenvalue weighted by molar-refractivity contribution is 6.62. The first-order chi connectivity index (χ1) is 6.07. The molecule has 1 rings (SSSR count). The van der Waals surface area contributed by atoms with E-state index >= 15 is 0 Å². The maximum atomic E-state index is 5.98. The van der Waals surface area contributed by atoms with Gasteiger partial charge in [0, 0.05) is 0 Å². The molecule has 0 saturated carbocycles. The molecule has 0 saturated heterocycles. The lowest BCUT2D eigenvalue weighted by Gasteiger charge is -2.07. The molecule has 0 aromatic heterocycles. The molecule has 0 unspecified atom stereocenters. The van der Waals surface area contributed by atoms with E-state index in [9.17, 15) is 0 Å². The molecular formula is C8H6Cl4Si. The number of hydrogen-bond acceptors (Lipinski definition) is 0. The summed E-state index contributed by atoms with van der Waals surface area (Å²) in [5, 5.41) is 2.65. The average molecular weight is 272 g/mol. The molecule has 1 aromatic carbocycles. The summed E-state index contributed by atoms with van der Waals surface area (Å²) in [6.45, 7) is 2.07. The Morgan fingerprint density at radius 2 is 1.69 bits per heavy atom. The average Bonchev–Trinajstić information content (AvgIpc) is 2.11. The Morgan fingerprint density at radius 1 is 1.08 bits per heavy atom. The van der Waals surface area contributed by atoms with Crippen LogP contribution in [-0.4, -0.2) is 9.52 Å². The van der Waals surface area contributed by atoms with E-state index < -0.39 is 0 Å². The van der Waals surface area contributed by atoms with Gasteiger partial charge in [0.1, 0.15) is 0 Å². The first-order valence-electron chi connectivity index (χ1n) is 3.64. The second-order valence-electron chi connectivity index (χ2n) is 2.38. The zero-order chi connectivity index (χ0) is 10.0. The predicted molar refractivity (Wildman–Crippen MR) is 62.4 cm³/mol. The predicted octanol–water partition coefficient (Wildman–Crippen LogP) is 4.07. The van der Waals surface area contributed by atoms with Crippen molar-refractivity contribution in [2.75, 3.05) is 0 Å². The van der Waals surface area contributed by atoms with Crippen LogP contribution in [0.15, 0.2) is 6.07 Å². The summed E-state index contributed by atoms with van der Waals surface area (Å²) in [5.74, 6) is 0. The second kappa shape index (κ2) is 4.90. The fraction of sp³-hybridized carbons (Fsp3) is 0.250. The molecule has 13 heavy (non-hydrogen) atoms. The first-order valence-corrected chi connectivity index (χ1v) is 6.36. The zero-order valence-corrected chi connectivity index (χ0v) is 10.8. The molecule has 0 N–H and O–H groups in total. The molecule has 0 heterocycles. The van der Waals surface area contributed by atoms with Gasteiger partial charge < -0.3 is 0 Å². The van der Waals surface area contributed by atoms with E-state index in [1.807, 2.05) is 0 Å². The van der Waals surface area contributed by atoms with Crippen molar-refractivity contribution in [1.82, 2.24) is 0 Å². The summed E-state index contributed by atoms with van der Waals surface area (Å²) in [6.07, 6.45) is 0. The summed E-state index contributed by atoms with van der Waals surface area (Å²) in [4.78, 5) is 0. The van der Waals surface area contributed by atoms with E-state index in [4.69, 9.17) is 46.4 Å². The van der Waals surface area contributed by atoms with Gasteiger partial charge in [-0.1, -0.05) is 59.4 Å². The van der Waals surface area contributed by atoms with E-state index in [0.29, 0.717) is 29.6 Å². The fourth-order valence-electron chi connectivity index (χ4n) is 0.892. The van der Waals surface area contributed by atoms with Crippen LogP contribution in [0.3, 0.4) is 0 Å². The molecule has 0 bridgehead atoms. The van der Waals surface area contributed by atoms with E-state index in [0.717, 1.165) is 11.2 Å². The fourth-order valence-corrected chi connectivity index (χ4v) is 2.97. The minimum absolute atomic E-state index is 0.331. The highest BCUT2D eigenvalue weighted by atomic mass is 35.5. The molecule has 2 radical (unpaired) electrons. The molecule has 70 valence electrons. The van der Waals surface area contributed by atoms with Gasteiger partial charge in [-0.05, 0) is 11.3 Å². The zero-order valence-electron chi connectivity index (χ0n) is 6.80. The van der Waals surface area contributed by atoms with Crippen LogP contribution in [0.1, 0.15) is 6.92 Å². The topological polar surface area (TPSA) is 0 Å². The Balaban J connectivity index is 3.24. The lowest BCUT2D eigenvalue weighted by Crippen LogP contribution is -2.14. The van der Waals surface area contributed by atoms with Gasteiger partial charge in [-0.2, -0.15) is 0 Å². The summed E-state index contributed by atoms with van der Waals surface area (Å²) in [6, 6.07) is 2.80. The van der Waals surface area contributed by atoms with E-state index in [-0.39, 0.29) is 0 Å². The van der Waals surface area contributed by atoms with Crippen molar-refractivity contribution >= 4 is 61.1 Å². The van der Waals surface area contributed by atoms with Crippen LogP contribution >= 0.6 is 46.4 Å². The van der Waals surface area contributed by atoms with Crippen molar-refractivity contribution in [3.8, 4) is 0 Å². The molecule has 1 aromatic rings. The van der Waals surface area contributed by atoms with Crippen molar-refractivity contribution in [3.63, 3.8) is 0 Å². The smallest absolute Gasteiger partial charge is 0.0827 e. The van der Waals surface area contributed by atoms with E-state index in [1.54, 1.807) is 6.07 Å². The third-order valence-corrected chi connectivity index (χ3v) is 4.51. The Hall–Kier alpha value is 0.597. The molecule has 5 heteroatoms. The van der Waals surface area contributed by atoms with Crippen LogP contribution in [-0.2, 0) is 0 Å². The number of rotatable bonds is 2. The monoisotopic (exact) mass is 270 g/mol. The first kappa shape index (κ1) is 11.7. The highest BCUT2D eigenvalue weighted by Crippen LogP contribution is 2.33. The number of halogens is 4. The van der Waals surface area contributed by atoms with Crippen LogP contribution in [0, 0.1) is 0 Å². The third kappa shape index (κ3) is 2.54. The number of hydrogen-bond donors (Lipinski definition) is 0. The molecule has 0 aliphatic heterocycles. The molecular weight excluding hydrogens is 266 g/mol. The van der Waals surface area contributed by atoms with Crippen LogP contribution in [0.2, 0.25) is 26.1 Å². The van der Waals surface area contributed by atoms with Crippen molar-refractivity contribution < 1.29 is 0 Å². The Labute approximate surface area is 99.9 Å². The van der Waals surface area contributed by atoms with Gasteiger partial charge in [0.2, 0.25) is 0 Å². The van der Waals surface area contributed by atoms with E-state index in [1.165, 1.54) is 0 Å². The molecule has 0 atom stereocenters. The number of benzene rings is 1. The van der Waals surface area contributed by atoms with Crippen molar-refractivity contribution in [3.05, 3.63) is 26.2 Å². The maximum absolute atomic E-state index is 5.98. The third-order valence-electron chi connectivity index (χ3n) is 1.47. The summed E-state index contributed by atoms with van der Waals surface area (Å²) in [7, 11) is 0.616. The summed E-state index contributed by atoms with van der Waals surface area (Å²) >= 11 is 23.5. The summed E-state index contributed by atoms with van der Waals surface area (Å²) in [5.41, 5.74) is 0. The normalized spacial score (nSPS) is 10.5. The quantitative estimate of drug-likeness (QED) is 0.432. The largest absolute Gasteiger partial charge is 0.0828 e. The Bertz CT molecular complexity index is 324. The standard InChI is InChI=1S/C8H6Cl4Si/c1-2-13-5-3-4(9)6(10)8(12)7(5)11/h3H,2H2,1H3. The molecule has 0 amide bonds. The van der Waals surface area contributed by atoms with Crippen molar-refractivity contribution in [2.45, 2.75) is 13.0 Å². The van der Waals surface area contributed by atoms with Gasteiger partial charge in [0.05, 0.1) is 29.6 Å². The molecule has 0 fully saturated rings. The molecule has 0 nitrogen and oxygen atoms in total. The Morgan fingerprint density at radius 3 is 2.23 bits per heavy atom. The van der Waals surface area contributed by atoms with Crippen LogP contribution in [0.4, 0.5) is 0 Å². The van der Waals surface area contributed by atoms with Crippen molar-refractivity contribution in [1.29, 1.82) is 0 Å². The van der Waals surface area contributed by atoms with Gasteiger partial charge >= 0.3 is 0 Å². The van der Waals surface area contributed by atoms with Crippen molar-refractivity contribution in [2.24, 2.45) is 0 Å².